The van der Waals surface area contributed by atoms with E-state index in [2.05, 4.69) is 50.4 Å². The standard InChI is InChI=1S/C14H21NO/c1-14(2,3)16-12-8-6-11(7-9-12)13-5-4-10-15-13/h6-9,13,15H,4-5,10H2,1-3H3. The molecule has 0 aliphatic carbocycles. The molecule has 2 rings (SSSR count). The Morgan fingerprint density at radius 2 is 1.88 bits per heavy atom. The van der Waals surface area contributed by atoms with E-state index in [-0.39, 0.29) is 5.60 Å². The lowest BCUT2D eigenvalue weighted by atomic mass is 10.1. The first-order valence-corrected chi connectivity index (χ1v) is 6.07. The van der Waals surface area contributed by atoms with Crippen molar-refractivity contribution in [2.45, 2.75) is 45.3 Å². The second-order valence-electron chi connectivity index (χ2n) is 5.43. The highest BCUT2D eigenvalue weighted by Gasteiger charge is 2.16. The SMILES string of the molecule is CC(C)(C)Oc1ccc(C2CCCN2)cc1. The molecule has 1 N–H and O–H groups in total. The molecule has 1 aliphatic heterocycles. The van der Waals surface area contributed by atoms with Crippen molar-refractivity contribution in [2.75, 3.05) is 6.54 Å². The summed E-state index contributed by atoms with van der Waals surface area (Å²) in [6.07, 6.45) is 2.53. The maximum atomic E-state index is 5.80. The van der Waals surface area contributed by atoms with Gasteiger partial charge in [0.25, 0.3) is 0 Å². The lowest BCUT2D eigenvalue weighted by Gasteiger charge is -2.21. The third-order valence-corrected chi connectivity index (χ3v) is 2.77. The molecule has 2 nitrogen and oxygen atoms in total. The molecule has 0 aromatic heterocycles. The van der Waals surface area contributed by atoms with Gasteiger partial charge in [-0.2, -0.15) is 0 Å². The van der Waals surface area contributed by atoms with Gasteiger partial charge in [0.2, 0.25) is 0 Å². The third-order valence-electron chi connectivity index (χ3n) is 2.77. The van der Waals surface area contributed by atoms with E-state index < -0.39 is 0 Å². The van der Waals surface area contributed by atoms with Gasteiger partial charge in [0.05, 0.1) is 0 Å². The van der Waals surface area contributed by atoms with Crippen molar-refractivity contribution < 1.29 is 4.74 Å². The topological polar surface area (TPSA) is 21.3 Å². The first-order chi connectivity index (χ1) is 7.54. The number of ether oxygens (including phenoxy) is 1. The van der Waals surface area contributed by atoms with Crippen LogP contribution < -0.4 is 10.1 Å². The third kappa shape index (κ3) is 2.99. The zero-order chi connectivity index (χ0) is 11.6. The number of benzene rings is 1. The Morgan fingerprint density at radius 3 is 2.38 bits per heavy atom. The molecule has 16 heavy (non-hydrogen) atoms. The lowest BCUT2D eigenvalue weighted by molar-refractivity contribution is 0.131. The molecular formula is C14H21NO. The number of nitrogens with one attached hydrogen (secondary N) is 1. The van der Waals surface area contributed by atoms with Crippen molar-refractivity contribution in [1.29, 1.82) is 0 Å². The average molecular weight is 219 g/mol. The van der Waals surface area contributed by atoms with E-state index in [4.69, 9.17) is 4.74 Å². The van der Waals surface area contributed by atoms with Crippen molar-refractivity contribution in [2.24, 2.45) is 0 Å². The zero-order valence-electron chi connectivity index (χ0n) is 10.4. The van der Waals surface area contributed by atoms with Crippen molar-refractivity contribution in [3.05, 3.63) is 29.8 Å². The van der Waals surface area contributed by atoms with Gasteiger partial charge in [-0.25, -0.2) is 0 Å². The fourth-order valence-electron chi connectivity index (χ4n) is 2.09. The molecule has 1 unspecified atom stereocenters. The minimum atomic E-state index is -0.118. The maximum absolute atomic E-state index is 5.80. The van der Waals surface area contributed by atoms with Crippen LogP contribution in [0.2, 0.25) is 0 Å². The molecule has 0 saturated carbocycles. The van der Waals surface area contributed by atoms with E-state index in [1.54, 1.807) is 0 Å². The van der Waals surface area contributed by atoms with E-state index in [0.717, 1.165) is 12.3 Å². The highest BCUT2D eigenvalue weighted by atomic mass is 16.5. The highest BCUT2D eigenvalue weighted by Crippen LogP contribution is 2.25. The van der Waals surface area contributed by atoms with E-state index in [1.165, 1.54) is 18.4 Å². The molecule has 2 heteroatoms. The molecule has 0 bridgehead atoms. The van der Waals surface area contributed by atoms with Gasteiger partial charge in [-0.15, -0.1) is 0 Å². The number of hydrogen-bond donors (Lipinski definition) is 1. The Morgan fingerprint density at radius 1 is 1.19 bits per heavy atom. The Labute approximate surface area is 98.0 Å². The van der Waals surface area contributed by atoms with E-state index in [1.807, 2.05) is 0 Å². The highest BCUT2D eigenvalue weighted by molar-refractivity contribution is 5.30. The summed E-state index contributed by atoms with van der Waals surface area (Å²) in [5.74, 6) is 0.953. The summed E-state index contributed by atoms with van der Waals surface area (Å²) in [7, 11) is 0. The lowest BCUT2D eigenvalue weighted by Crippen LogP contribution is -2.23. The van der Waals surface area contributed by atoms with Gasteiger partial charge in [-0.05, 0) is 57.9 Å². The van der Waals surface area contributed by atoms with Crippen LogP contribution in [0.3, 0.4) is 0 Å². The first kappa shape index (κ1) is 11.5. The van der Waals surface area contributed by atoms with Crippen molar-refractivity contribution in [3.8, 4) is 5.75 Å². The molecule has 0 amide bonds. The smallest absolute Gasteiger partial charge is 0.120 e. The Balaban J connectivity index is 2.04. The summed E-state index contributed by atoms with van der Waals surface area (Å²) in [5, 5.41) is 3.50. The van der Waals surface area contributed by atoms with Crippen LogP contribution in [0.25, 0.3) is 0 Å². The predicted octanol–water partition coefficient (Wildman–Crippen LogP) is 3.29. The van der Waals surface area contributed by atoms with Crippen LogP contribution in [0.1, 0.15) is 45.2 Å². The van der Waals surface area contributed by atoms with Gasteiger partial charge in [0.15, 0.2) is 0 Å². The maximum Gasteiger partial charge on any atom is 0.120 e. The summed E-state index contributed by atoms with van der Waals surface area (Å²) >= 11 is 0. The predicted molar refractivity (Wildman–Crippen MR) is 66.8 cm³/mol. The molecule has 1 atom stereocenters. The quantitative estimate of drug-likeness (QED) is 0.824. The molecule has 0 spiro atoms. The molecule has 0 radical (unpaired) electrons. The summed E-state index contributed by atoms with van der Waals surface area (Å²) in [5.41, 5.74) is 1.26. The molecule has 1 heterocycles. The average Bonchev–Trinajstić information content (AvgIpc) is 2.69. The van der Waals surface area contributed by atoms with Gasteiger partial charge < -0.3 is 10.1 Å². The molecule has 1 fully saturated rings. The second kappa shape index (κ2) is 4.46. The molecule has 1 aliphatic rings. The van der Waals surface area contributed by atoms with E-state index in [9.17, 15) is 0 Å². The largest absolute Gasteiger partial charge is 0.488 e. The van der Waals surface area contributed by atoms with Crippen molar-refractivity contribution in [1.82, 2.24) is 5.32 Å². The van der Waals surface area contributed by atoms with Crippen LogP contribution in [0.5, 0.6) is 5.75 Å². The van der Waals surface area contributed by atoms with Crippen LogP contribution in [-0.2, 0) is 0 Å². The second-order valence-corrected chi connectivity index (χ2v) is 5.43. The van der Waals surface area contributed by atoms with Crippen LogP contribution in [0.15, 0.2) is 24.3 Å². The van der Waals surface area contributed by atoms with Crippen LogP contribution >= 0.6 is 0 Å². The van der Waals surface area contributed by atoms with Gasteiger partial charge in [-0.3, -0.25) is 0 Å². The van der Waals surface area contributed by atoms with Gasteiger partial charge >= 0.3 is 0 Å². The molecule has 1 saturated heterocycles. The van der Waals surface area contributed by atoms with E-state index in [0.29, 0.717) is 6.04 Å². The van der Waals surface area contributed by atoms with Gasteiger partial charge in [0.1, 0.15) is 11.4 Å². The summed E-state index contributed by atoms with van der Waals surface area (Å²) in [6.45, 7) is 7.35. The Hall–Kier alpha value is -1.02. The molecule has 1 aromatic carbocycles. The van der Waals surface area contributed by atoms with Crippen molar-refractivity contribution >= 4 is 0 Å². The summed E-state index contributed by atoms with van der Waals surface area (Å²) in [4.78, 5) is 0. The van der Waals surface area contributed by atoms with Crippen LogP contribution in [0, 0.1) is 0 Å². The fourth-order valence-corrected chi connectivity index (χ4v) is 2.09. The fraction of sp³-hybridized carbons (Fsp3) is 0.571. The Kier molecular flexibility index (Phi) is 3.20. The summed E-state index contributed by atoms with van der Waals surface area (Å²) < 4.78 is 5.80. The van der Waals surface area contributed by atoms with Gasteiger partial charge in [-0.1, -0.05) is 12.1 Å². The van der Waals surface area contributed by atoms with E-state index >= 15 is 0 Å². The van der Waals surface area contributed by atoms with Crippen molar-refractivity contribution in [3.63, 3.8) is 0 Å². The normalized spacial score (nSPS) is 21.1. The Bertz CT molecular complexity index is 331. The molecule has 1 aromatic rings. The molecule has 88 valence electrons. The monoisotopic (exact) mass is 219 g/mol. The minimum Gasteiger partial charge on any atom is -0.488 e. The number of rotatable bonds is 2. The van der Waals surface area contributed by atoms with Crippen LogP contribution in [-0.4, -0.2) is 12.1 Å². The first-order valence-electron chi connectivity index (χ1n) is 6.07. The zero-order valence-corrected chi connectivity index (χ0v) is 10.4. The number of hydrogen-bond acceptors (Lipinski definition) is 2. The molecular weight excluding hydrogens is 198 g/mol. The minimum absolute atomic E-state index is 0.118. The van der Waals surface area contributed by atoms with Crippen LogP contribution in [0.4, 0.5) is 0 Å². The summed E-state index contributed by atoms with van der Waals surface area (Å²) in [6, 6.07) is 9.03. The van der Waals surface area contributed by atoms with Gasteiger partial charge in [0, 0.05) is 6.04 Å².